The lowest BCUT2D eigenvalue weighted by Gasteiger charge is -2.34. The molecule has 0 bridgehead atoms. The summed E-state index contributed by atoms with van der Waals surface area (Å²) in [6.45, 7) is 5.35. The summed E-state index contributed by atoms with van der Waals surface area (Å²) in [6.07, 6.45) is 0. The predicted octanol–water partition coefficient (Wildman–Crippen LogP) is 4.15. The van der Waals surface area contributed by atoms with Gasteiger partial charge in [-0.25, -0.2) is 4.98 Å². The molecule has 7 nitrogen and oxygen atoms in total. The van der Waals surface area contributed by atoms with Crippen LogP contribution in [0.2, 0.25) is 5.02 Å². The van der Waals surface area contributed by atoms with Crippen molar-refractivity contribution >= 4 is 28.5 Å². The van der Waals surface area contributed by atoms with E-state index < -0.39 is 0 Å². The highest BCUT2D eigenvalue weighted by atomic mass is 35.5. The van der Waals surface area contributed by atoms with Crippen LogP contribution in [0.5, 0.6) is 0 Å². The fraction of sp³-hybridized carbons (Fsp3) is 0.292. The minimum absolute atomic E-state index is 0.0685. The summed E-state index contributed by atoms with van der Waals surface area (Å²) in [4.78, 5) is 22.3. The Morgan fingerprint density at radius 3 is 2.53 bits per heavy atom. The Morgan fingerprint density at radius 1 is 1.06 bits per heavy atom. The second-order valence-electron chi connectivity index (χ2n) is 8.09. The van der Waals surface area contributed by atoms with Gasteiger partial charge in [0.25, 0.3) is 5.91 Å². The molecule has 0 radical (unpaired) electrons. The van der Waals surface area contributed by atoms with Gasteiger partial charge in [-0.1, -0.05) is 47.1 Å². The van der Waals surface area contributed by atoms with Gasteiger partial charge < -0.3 is 14.0 Å². The molecule has 4 aromatic rings. The Hall–Kier alpha value is -3.16. The molecule has 2 aromatic carbocycles. The van der Waals surface area contributed by atoms with E-state index in [1.807, 2.05) is 41.3 Å². The molecule has 1 saturated heterocycles. The quantitative estimate of drug-likeness (QED) is 0.468. The number of aryl methyl sites for hydroxylation is 2. The topological polar surface area (TPSA) is 67.4 Å². The van der Waals surface area contributed by atoms with Crippen LogP contribution in [0.25, 0.3) is 22.3 Å². The summed E-state index contributed by atoms with van der Waals surface area (Å²) in [5, 5.41) is 4.68. The van der Waals surface area contributed by atoms with E-state index in [9.17, 15) is 4.79 Å². The van der Waals surface area contributed by atoms with Crippen molar-refractivity contribution in [3.63, 3.8) is 0 Å². The summed E-state index contributed by atoms with van der Waals surface area (Å²) in [5.41, 5.74) is 3.83. The lowest BCUT2D eigenvalue weighted by atomic mass is 10.0. The van der Waals surface area contributed by atoms with Crippen molar-refractivity contribution < 1.29 is 9.32 Å². The molecule has 0 spiro atoms. The number of amides is 1. The van der Waals surface area contributed by atoms with Crippen LogP contribution in [-0.4, -0.2) is 56.6 Å². The molecule has 0 atom stereocenters. The summed E-state index contributed by atoms with van der Waals surface area (Å²) < 4.78 is 7.52. The number of benzene rings is 2. The standard InChI is InChI=1S/C24H24ClN5O2/c1-16-22(23(27-32-16)17-7-3-4-8-18(17)25)24(31)30-13-11-29(12-14-30)15-21-26-19-9-5-6-10-20(19)28(21)2/h3-10H,11-15H2,1-2H3. The molecule has 3 heterocycles. The van der Waals surface area contributed by atoms with Gasteiger partial charge in [0.2, 0.25) is 0 Å². The first-order valence-electron chi connectivity index (χ1n) is 10.7. The largest absolute Gasteiger partial charge is 0.360 e. The fourth-order valence-electron chi connectivity index (χ4n) is 4.27. The minimum Gasteiger partial charge on any atom is -0.360 e. The van der Waals surface area contributed by atoms with Crippen molar-refractivity contribution in [2.75, 3.05) is 26.2 Å². The second kappa shape index (κ2) is 8.41. The maximum Gasteiger partial charge on any atom is 0.259 e. The van der Waals surface area contributed by atoms with Crippen LogP contribution in [0.15, 0.2) is 53.1 Å². The molecule has 0 aliphatic carbocycles. The van der Waals surface area contributed by atoms with Gasteiger partial charge in [0.15, 0.2) is 0 Å². The number of fused-ring (bicyclic) bond motifs is 1. The molecule has 164 valence electrons. The predicted molar refractivity (Wildman–Crippen MR) is 124 cm³/mol. The third-order valence-electron chi connectivity index (χ3n) is 6.11. The first-order valence-corrected chi connectivity index (χ1v) is 11.0. The number of carbonyl (C=O) groups is 1. The zero-order valence-corrected chi connectivity index (χ0v) is 18.8. The molecule has 5 rings (SSSR count). The van der Waals surface area contributed by atoms with E-state index in [4.69, 9.17) is 21.1 Å². The van der Waals surface area contributed by atoms with Crippen LogP contribution in [-0.2, 0) is 13.6 Å². The lowest BCUT2D eigenvalue weighted by molar-refractivity contribution is 0.0623. The fourth-order valence-corrected chi connectivity index (χ4v) is 4.49. The molecule has 1 aliphatic heterocycles. The van der Waals surface area contributed by atoms with Gasteiger partial charge in [0.1, 0.15) is 22.8 Å². The van der Waals surface area contributed by atoms with E-state index >= 15 is 0 Å². The number of hydrogen-bond donors (Lipinski definition) is 0. The zero-order valence-electron chi connectivity index (χ0n) is 18.1. The average molecular weight is 450 g/mol. The zero-order chi connectivity index (χ0) is 22.2. The third kappa shape index (κ3) is 3.67. The van der Waals surface area contributed by atoms with Crippen molar-refractivity contribution in [1.29, 1.82) is 0 Å². The number of imidazole rings is 1. The molecular weight excluding hydrogens is 426 g/mol. The number of piperazine rings is 1. The Balaban J connectivity index is 1.30. The first kappa shape index (κ1) is 20.7. The number of carbonyl (C=O) groups excluding carboxylic acids is 1. The number of para-hydroxylation sites is 2. The van der Waals surface area contributed by atoms with Crippen molar-refractivity contribution in [2.24, 2.45) is 7.05 Å². The van der Waals surface area contributed by atoms with E-state index in [-0.39, 0.29) is 5.91 Å². The van der Waals surface area contributed by atoms with E-state index in [1.54, 1.807) is 13.0 Å². The van der Waals surface area contributed by atoms with Crippen molar-refractivity contribution in [3.05, 3.63) is 70.7 Å². The van der Waals surface area contributed by atoms with Crippen LogP contribution in [0, 0.1) is 6.92 Å². The summed E-state index contributed by atoms with van der Waals surface area (Å²) in [7, 11) is 2.05. The van der Waals surface area contributed by atoms with Gasteiger partial charge in [0, 0.05) is 38.8 Å². The SMILES string of the molecule is Cc1onc(-c2ccccc2Cl)c1C(=O)N1CCN(Cc2nc3ccccc3n2C)CC1. The van der Waals surface area contributed by atoms with E-state index in [0.717, 1.165) is 36.5 Å². The van der Waals surface area contributed by atoms with Crippen LogP contribution in [0.3, 0.4) is 0 Å². The third-order valence-corrected chi connectivity index (χ3v) is 6.44. The van der Waals surface area contributed by atoms with E-state index in [1.165, 1.54) is 0 Å². The lowest BCUT2D eigenvalue weighted by Crippen LogP contribution is -2.48. The maximum atomic E-state index is 13.4. The van der Waals surface area contributed by atoms with Gasteiger partial charge in [-0.3, -0.25) is 9.69 Å². The summed E-state index contributed by atoms with van der Waals surface area (Å²) in [5.74, 6) is 1.47. The molecular formula is C24H24ClN5O2. The molecule has 8 heteroatoms. The number of halogens is 1. The number of nitrogens with zero attached hydrogens (tertiary/aromatic N) is 5. The highest BCUT2D eigenvalue weighted by Gasteiger charge is 2.29. The Bertz CT molecular complexity index is 1290. The summed E-state index contributed by atoms with van der Waals surface area (Å²) in [6, 6.07) is 15.5. The Kier molecular flexibility index (Phi) is 5.45. The Morgan fingerprint density at radius 2 is 1.78 bits per heavy atom. The molecule has 1 fully saturated rings. The van der Waals surface area contributed by atoms with Crippen molar-refractivity contribution in [1.82, 2.24) is 24.5 Å². The van der Waals surface area contributed by atoms with Gasteiger partial charge in [-0.2, -0.15) is 0 Å². The van der Waals surface area contributed by atoms with Crippen LogP contribution in [0.1, 0.15) is 21.9 Å². The Labute approximate surface area is 191 Å². The first-order chi connectivity index (χ1) is 15.5. The van der Waals surface area contributed by atoms with Crippen molar-refractivity contribution in [2.45, 2.75) is 13.5 Å². The molecule has 32 heavy (non-hydrogen) atoms. The number of aromatic nitrogens is 3. The van der Waals surface area contributed by atoms with Crippen LogP contribution < -0.4 is 0 Å². The molecule has 0 unspecified atom stereocenters. The average Bonchev–Trinajstić information content (AvgIpc) is 3.34. The molecule has 1 amide bonds. The van der Waals surface area contributed by atoms with E-state index in [2.05, 4.69) is 27.7 Å². The number of rotatable bonds is 4. The monoisotopic (exact) mass is 449 g/mol. The highest BCUT2D eigenvalue weighted by Crippen LogP contribution is 2.32. The van der Waals surface area contributed by atoms with Crippen molar-refractivity contribution in [3.8, 4) is 11.3 Å². The van der Waals surface area contributed by atoms with Gasteiger partial charge >= 0.3 is 0 Å². The maximum absolute atomic E-state index is 13.4. The summed E-state index contributed by atoms with van der Waals surface area (Å²) >= 11 is 6.35. The number of hydrogen-bond acceptors (Lipinski definition) is 5. The van der Waals surface area contributed by atoms with Crippen LogP contribution >= 0.6 is 11.6 Å². The van der Waals surface area contributed by atoms with E-state index in [0.29, 0.717) is 40.7 Å². The molecule has 1 aliphatic rings. The van der Waals surface area contributed by atoms with Gasteiger partial charge in [0.05, 0.1) is 22.6 Å². The highest BCUT2D eigenvalue weighted by molar-refractivity contribution is 6.33. The van der Waals surface area contributed by atoms with Gasteiger partial charge in [-0.05, 0) is 25.1 Å². The van der Waals surface area contributed by atoms with Crippen LogP contribution in [0.4, 0.5) is 0 Å². The molecule has 0 N–H and O–H groups in total. The van der Waals surface area contributed by atoms with Gasteiger partial charge in [-0.15, -0.1) is 0 Å². The smallest absolute Gasteiger partial charge is 0.259 e. The molecule has 0 saturated carbocycles. The normalized spacial score (nSPS) is 14.9. The minimum atomic E-state index is -0.0685. The molecule has 2 aromatic heterocycles. The second-order valence-corrected chi connectivity index (χ2v) is 8.49.